The van der Waals surface area contributed by atoms with Crippen LogP contribution < -0.4 is 5.30 Å². The van der Waals surface area contributed by atoms with Gasteiger partial charge in [0.1, 0.15) is 0 Å². The summed E-state index contributed by atoms with van der Waals surface area (Å²) in [6, 6.07) is 10.3. The Kier molecular flexibility index (Phi) is 4.53. The second-order valence-electron chi connectivity index (χ2n) is 3.28. The van der Waals surface area contributed by atoms with Crippen molar-refractivity contribution < 1.29 is 9.05 Å². The van der Waals surface area contributed by atoms with Gasteiger partial charge in [-0.3, -0.25) is 0 Å². The zero-order chi connectivity index (χ0) is 10.4. The predicted molar refractivity (Wildman–Crippen MR) is 63.6 cm³/mol. The number of rotatable bonds is 5. The van der Waals surface area contributed by atoms with Crippen LogP contribution in [0.2, 0.25) is 0 Å². The average Bonchev–Trinajstić information content (AvgIpc) is 2.27. The van der Waals surface area contributed by atoms with E-state index in [2.05, 4.69) is 19.1 Å². The van der Waals surface area contributed by atoms with E-state index in [0.29, 0.717) is 0 Å². The molecule has 2 nitrogen and oxygen atoms in total. The molecule has 80 valence electrons. The molecule has 0 unspecified atom stereocenters. The van der Waals surface area contributed by atoms with Crippen molar-refractivity contribution >= 4 is 13.0 Å². The van der Waals surface area contributed by atoms with E-state index in [1.165, 1.54) is 5.30 Å². The van der Waals surface area contributed by atoms with E-state index in [4.69, 9.17) is 9.05 Å². The maximum atomic E-state index is 5.63. The Balaban J connectivity index is 2.98. The quantitative estimate of drug-likeness (QED) is 0.701. The molecule has 0 N–H and O–H groups in total. The summed E-state index contributed by atoms with van der Waals surface area (Å²) in [4.78, 5) is 0. The Hall–Kier alpha value is -0.430. The van der Waals surface area contributed by atoms with Crippen LogP contribution in [0.25, 0.3) is 0 Å². The van der Waals surface area contributed by atoms with E-state index in [1.54, 1.807) is 14.2 Å². The first-order valence-corrected chi connectivity index (χ1v) is 6.97. The predicted octanol–water partition coefficient (Wildman–Crippen LogP) is 2.59. The molecule has 0 heterocycles. The monoisotopic (exact) mass is 214 g/mol. The Morgan fingerprint density at radius 1 is 1.07 bits per heavy atom. The third-order valence-electron chi connectivity index (χ3n) is 2.45. The van der Waals surface area contributed by atoms with Crippen LogP contribution in [0.5, 0.6) is 0 Å². The summed E-state index contributed by atoms with van der Waals surface area (Å²) in [5.74, 6) is 0. The molecule has 0 aromatic heterocycles. The zero-order valence-electron chi connectivity index (χ0n) is 9.12. The molecule has 14 heavy (non-hydrogen) atoms. The first-order chi connectivity index (χ1) is 6.79. The molecule has 1 aromatic rings. The summed E-state index contributed by atoms with van der Waals surface area (Å²) in [6.45, 7) is 2.16. The molecule has 0 aliphatic heterocycles. The Bertz CT molecular complexity index is 257. The van der Waals surface area contributed by atoms with Crippen LogP contribution in [-0.4, -0.2) is 20.4 Å². The maximum absolute atomic E-state index is 5.63. The van der Waals surface area contributed by atoms with Crippen molar-refractivity contribution in [1.29, 1.82) is 0 Å². The fraction of sp³-hybridized carbons (Fsp3) is 0.455. The van der Waals surface area contributed by atoms with Gasteiger partial charge in [-0.2, -0.15) is 0 Å². The van der Waals surface area contributed by atoms with Gasteiger partial charge in [0.15, 0.2) is 0 Å². The SMILES string of the molecule is CCC[PH](OC)(OC)c1ccccc1. The molecule has 0 bridgehead atoms. The first-order valence-electron chi connectivity index (χ1n) is 4.95. The van der Waals surface area contributed by atoms with Gasteiger partial charge in [0.25, 0.3) is 0 Å². The zero-order valence-corrected chi connectivity index (χ0v) is 10.1. The molecule has 0 radical (unpaired) electrons. The molecule has 0 spiro atoms. The van der Waals surface area contributed by atoms with E-state index in [0.717, 1.165) is 12.6 Å². The van der Waals surface area contributed by atoms with Gasteiger partial charge in [-0.1, -0.05) is 0 Å². The van der Waals surface area contributed by atoms with Crippen molar-refractivity contribution in [2.75, 3.05) is 20.4 Å². The molecular weight excluding hydrogens is 195 g/mol. The normalized spacial score (nSPS) is 12.8. The summed E-state index contributed by atoms with van der Waals surface area (Å²) in [7, 11) is 1.38. The van der Waals surface area contributed by atoms with Crippen molar-refractivity contribution in [1.82, 2.24) is 0 Å². The second kappa shape index (κ2) is 5.45. The first kappa shape index (κ1) is 11.6. The summed E-state index contributed by atoms with van der Waals surface area (Å²) < 4.78 is 11.3. The third-order valence-corrected chi connectivity index (χ3v) is 6.14. The molecule has 0 saturated heterocycles. The molecule has 0 fully saturated rings. The molecule has 3 heteroatoms. The van der Waals surface area contributed by atoms with E-state index >= 15 is 0 Å². The van der Waals surface area contributed by atoms with Crippen LogP contribution in [0, 0.1) is 0 Å². The van der Waals surface area contributed by atoms with E-state index < -0.39 is 7.72 Å². The Morgan fingerprint density at radius 3 is 2.07 bits per heavy atom. The van der Waals surface area contributed by atoms with Crippen LogP contribution in [-0.2, 0) is 9.05 Å². The number of benzene rings is 1. The Labute approximate surface area is 86.7 Å². The van der Waals surface area contributed by atoms with Crippen molar-refractivity contribution in [2.45, 2.75) is 13.3 Å². The van der Waals surface area contributed by atoms with Gasteiger partial charge in [-0.15, -0.1) is 0 Å². The van der Waals surface area contributed by atoms with Crippen LogP contribution >= 0.6 is 7.72 Å². The molecule has 1 rings (SSSR count). The van der Waals surface area contributed by atoms with E-state index in [1.807, 2.05) is 18.2 Å². The summed E-state index contributed by atoms with van der Waals surface area (Å²) >= 11 is 0. The van der Waals surface area contributed by atoms with E-state index in [-0.39, 0.29) is 0 Å². The second-order valence-corrected chi connectivity index (χ2v) is 6.68. The topological polar surface area (TPSA) is 18.5 Å². The van der Waals surface area contributed by atoms with Crippen LogP contribution in [0.3, 0.4) is 0 Å². The van der Waals surface area contributed by atoms with Crippen molar-refractivity contribution in [3.63, 3.8) is 0 Å². The molecule has 0 amide bonds. The number of hydrogen-bond donors (Lipinski definition) is 0. The average molecular weight is 214 g/mol. The summed E-state index contributed by atoms with van der Waals surface area (Å²) in [5, 5.41) is 1.21. The molecule has 0 aliphatic rings. The fourth-order valence-electron chi connectivity index (χ4n) is 1.69. The van der Waals surface area contributed by atoms with Crippen LogP contribution in [0.4, 0.5) is 0 Å². The Morgan fingerprint density at radius 2 is 1.64 bits per heavy atom. The van der Waals surface area contributed by atoms with Crippen molar-refractivity contribution in [3.05, 3.63) is 30.3 Å². The molecule has 0 saturated carbocycles. The third kappa shape index (κ3) is 2.33. The van der Waals surface area contributed by atoms with Gasteiger partial charge in [-0.25, -0.2) is 0 Å². The van der Waals surface area contributed by atoms with Crippen molar-refractivity contribution in [3.8, 4) is 0 Å². The minimum absolute atomic E-state index is 1.00. The summed E-state index contributed by atoms with van der Waals surface area (Å²) in [6.07, 6.45) is 2.09. The van der Waals surface area contributed by atoms with Gasteiger partial charge in [-0.05, 0) is 0 Å². The van der Waals surface area contributed by atoms with Crippen LogP contribution in [0.1, 0.15) is 13.3 Å². The fourth-order valence-corrected chi connectivity index (χ4v) is 4.38. The summed E-state index contributed by atoms with van der Waals surface area (Å²) in [5.41, 5.74) is 0. The van der Waals surface area contributed by atoms with E-state index in [9.17, 15) is 0 Å². The molecule has 1 aromatic carbocycles. The van der Waals surface area contributed by atoms with Crippen molar-refractivity contribution in [2.24, 2.45) is 0 Å². The van der Waals surface area contributed by atoms with Gasteiger partial charge in [0.2, 0.25) is 0 Å². The van der Waals surface area contributed by atoms with Gasteiger partial charge in [0, 0.05) is 0 Å². The van der Waals surface area contributed by atoms with Gasteiger partial charge in [0.05, 0.1) is 0 Å². The number of hydrogen-bond acceptors (Lipinski definition) is 2. The van der Waals surface area contributed by atoms with Crippen LogP contribution in [0.15, 0.2) is 30.3 Å². The standard InChI is InChI=1S/C11H19O2P/c1-4-10-14(12-2,13-3)11-8-6-5-7-9-11/h5-9,14H,4,10H2,1-3H3. The van der Waals surface area contributed by atoms with Gasteiger partial charge < -0.3 is 0 Å². The van der Waals surface area contributed by atoms with Gasteiger partial charge >= 0.3 is 86.1 Å². The molecular formula is C11H19O2P. The molecule has 0 atom stereocenters. The molecule has 0 aliphatic carbocycles. The minimum atomic E-state index is -2.12.